The van der Waals surface area contributed by atoms with Crippen molar-refractivity contribution in [1.82, 2.24) is 4.90 Å². The molecule has 1 aliphatic carbocycles. The third-order valence-electron chi connectivity index (χ3n) is 3.20. The van der Waals surface area contributed by atoms with Gasteiger partial charge in [-0.25, -0.2) is 4.79 Å². The van der Waals surface area contributed by atoms with Gasteiger partial charge in [-0.15, -0.1) is 0 Å². The van der Waals surface area contributed by atoms with Crippen molar-refractivity contribution in [1.29, 1.82) is 0 Å². The van der Waals surface area contributed by atoms with Gasteiger partial charge in [-0.05, 0) is 33.1 Å². The molecule has 3 atom stereocenters. The molecule has 3 nitrogen and oxygen atoms in total. The van der Waals surface area contributed by atoms with Gasteiger partial charge in [0.1, 0.15) is 5.60 Å². The van der Waals surface area contributed by atoms with Crippen molar-refractivity contribution >= 4 is 6.09 Å². The summed E-state index contributed by atoms with van der Waals surface area (Å²) in [6.07, 6.45) is -4.40. The number of carbonyl (C=O) groups is 1. The first kappa shape index (κ1) is 12.5. The summed E-state index contributed by atoms with van der Waals surface area (Å²) >= 11 is 0. The number of alkyl halides is 3. The van der Waals surface area contributed by atoms with E-state index in [-0.39, 0.29) is 0 Å². The number of piperidine rings is 1. The number of ether oxygens (including phenoxy) is 1. The summed E-state index contributed by atoms with van der Waals surface area (Å²) in [6.45, 7) is 5.47. The van der Waals surface area contributed by atoms with Crippen molar-refractivity contribution in [3.05, 3.63) is 0 Å². The Bertz CT molecular complexity index is 335. The largest absolute Gasteiger partial charge is 0.444 e. The number of likely N-dealkylation sites (tertiary alicyclic amines) is 1. The van der Waals surface area contributed by atoms with Crippen LogP contribution in [-0.2, 0) is 4.74 Å². The lowest BCUT2D eigenvalue weighted by molar-refractivity contribution is -0.156. The van der Waals surface area contributed by atoms with E-state index < -0.39 is 35.7 Å². The fraction of sp³-hybridized carbons (Fsp3) is 0.909. The minimum Gasteiger partial charge on any atom is -0.444 e. The van der Waals surface area contributed by atoms with Crippen LogP contribution in [0.3, 0.4) is 0 Å². The second-order valence-electron chi connectivity index (χ2n) is 5.68. The highest BCUT2D eigenvalue weighted by Gasteiger charge is 2.69. The topological polar surface area (TPSA) is 29.5 Å². The molecule has 1 amide bonds. The Morgan fingerprint density at radius 1 is 1.29 bits per heavy atom. The Morgan fingerprint density at radius 2 is 1.88 bits per heavy atom. The maximum atomic E-state index is 12.6. The van der Waals surface area contributed by atoms with Crippen molar-refractivity contribution in [2.45, 2.75) is 45.0 Å². The Hall–Kier alpha value is -0.940. The minimum atomic E-state index is -4.20. The van der Waals surface area contributed by atoms with E-state index in [4.69, 9.17) is 4.74 Å². The summed E-state index contributed by atoms with van der Waals surface area (Å²) in [5.41, 5.74) is -0.669. The molecule has 98 valence electrons. The van der Waals surface area contributed by atoms with Crippen LogP contribution in [0.2, 0.25) is 0 Å². The summed E-state index contributed by atoms with van der Waals surface area (Å²) < 4.78 is 42.8. The molecule has 1 saturated heterocycles. The molecule has 1 saturated carbocycles. The number of hydrogen-bond acceptors (Lipinski definition) is 2. The summed E-state index contributed by atoms with van der Waals surface area (Å²) in [5.74, 6) is -1.76. The van der Waals surface area contributed by atoms with Gasteiger partial charge in [0.05, 0.1) is 12.0 Å². The van der Waals surface area contributed by atoms with Crippen LogP contribution in [0.15, 0.2) is 0 Å². The molecule has 2 fully saturated rings. The van der Waals surface area contributed by atoms with E-state index >= 15 is 0 Å². The molecule has 0 bridgehead atoms. The lowest BCUT2D eigenvalue weighted by atomic mass is 10.2. The Labute approximate surface area is 97.9 Å². The van der Waals surface area contributed by atoms with Crippen molar-refractivity contribution in [3.8, 4) is 0 Å². The molecule has 6 heteroatoms. The first-order valence-corrected chi connectivity index (χ1v) is 5.67. The Kier molecular flexibility index (Phi) is 2.60. The van der Waals surface area contributed by atoms with Gasteiger partial charge in [0, 0.05) is 6.54 Å². The van der Waals surface area contributed by atoms with Crippen LogP contribution in [0.1, 0.15) is 27.2 Å². The highest BCUT2D eigenvalue weighted by molar-refractivity contribution is 5.70. The first-order chi connectivity index (χ1) is 7.61. The normalized spacial score (nSPS) is 32.4. The van der Waals surface area contributed by atoms with Crippen LogP contribution in [0.5, 0.6) is 0 Å². The van der Waals surface area contributed by atoms with Gasteiger partial charge in [-0.3, -0.25) is 0 Å². The number of carbonyl (C=O) groups excluding carboxylic acids is 1. The van der Waals surface area contributed by atoms with E-state index in [1.165, 1.54) is 4.90 Å². The average molecular weight is 251 g/mol. The molecular weight excluding hydrogens is 235 g/mol. The molecule has 0 aromatic rings. The van der Waals surface area contributed by atoms with Crippen LogP contribution in [0.4, 0.5) is 18.0 Å². The van der Waals surface area contributed by atoms with E-state index in [1.807, 2.05) is 0 Å². The van der Waals surface area contributed by atoms with Gasteiger partial charge in [-0.1, -0.05) is 0 Å². The standard InChI is InChI=1S/C11H16F3NO2/c1-10(2,3)17-9(16)15-5-4-6-7(8(6)15)11(12,13)14/h6-8H,4-5H2,1-3H3/t6?,7-,8?/m0/s1. The van der Waals surface area contributed by atoms with Crippen molar-refractivity contribution in [2.75, 3.05) is 6.54 Å². The molecule has 1 heterocycles. The molecule has 0 spiro atoms. The number of nitrogens with zero attached hydrogens (tertiary/aromatic N) is 1. The highest BCUT2D eigenvalue weighted by Crippen LogP contribution is 2.58. The van der Waals surface area contributed by atoms with Crippen molar-refractivity contribution < 1.29 is 22.7 Å². The summed E-state index contributed by atoms with van der Waals surface area (Å²) in [4.78, 5) is 12.9. The van der Waals surface area contributed by atoms with Gasteiger partial charge >= 0.3 is 12.3 Å². The van der Waals surface area contributed by atoms with E-state index in [9.17, 15) is 18.0 Å². The fourth-order valence-electron chi connectivity index (χ4n) is 2.54. The van der Waals surface area contributed by atoms with E-state index in [2.05, 4.69) is 0 Å². The third-order valence-corrected chi connectivity index (χ3v) is 3.20. The molecule has 2 rings (SSSR count). The van der Waals surface area contributed by atoms with Gasteiger partial charge in [-0.2, -0.15) is 13.2 Å². The highest BCUT2D eigenvalue weighted by atomic mass is 19.4. The average Bonchev–Trinajstić information content (AvgIpc) is 2.65. The monoisotopic (exact) mass is 251 g/mol. The van der Waals surface area contributed by atoms with Gasteiger partial charge in [0.2, 0.25) is 0 Å². The smallest absolute Gasteiger partial charge is 0.410 e. The van der Waals surface area contributed by atoms with E-state index in [0.29, 0.717) is 13.0 Å². The zero-order valence-electron chi connectivity index (χ0n) is 10.0. The quantitative estimate of drug-likeness (QED) is 0.662. The number of hydrogen-bond donors (Lipinski definition) is 0. The lowest BCUT2D eigenvalue weighted by Crippen LogP contribution is -2.39. The molecule has 1 aliphatic heterocycles. The summed E-state index contributed by atoms with van der Waals surface area (Å²) in [7, 11) is 0. The maximum absolute atomic E-state index is 12.6. The van der Waals surface area contributed by atoms with E-state index in [0.717, 1.165) is 0 Å². The van der Waals surface area contributed by atoms with Gasteiger partial charge in [0.15, 0.2) is 0 Å². The van der Waals surface area contributed by atoms with Gasteiger partial charge < -0.3 is 9.64 Å². The molecule has 2 aliphatic rings. The lowest BCUT2D eigenvalue weighted by Gasteiger charge is -2.26. The second-order valence-corrected chi connectivity index (χ2v) is 5.68. The Balaban J connectivity index is 1.99. The molecule has 17 heavy (non-hydrogen) atoms. The predicted octanol–water partition coefficient (Wildman–Crippen LogP) is 2.80. The molecule has 0 N–H and O–H groups in total. The van der Waals surface area contributed by atoms with Crippen LogP contribution in [0, 0.1) is 11.8 Å². The summed E-state index contributed by atoms with van der Waals surface area (Å²) in [6, 6.07) is -0.690. The minimum absolute atomic E-state index is 0.372. The van der Waals surface area contributed by atoms with Gasteiger partial charge in [0.25, 0.3) is 0 Å². The SMILES string of the molecule is CC(C)(C)OC(=O)N1CCC2C1[C@H]2C(F)(F)F. The number of halogens is 3. The van der Waals surface area contributed by atoms with Crippen molar-refractivity contribution in [2.24, 2.45) is 11.8 Å². The first-order valence-electron chi connectivity index (χ1n) is 5.67. The maximum Gasteiger partial charge on any atom is 0.410 e. The van der Waals surface area contributed by atoms with Crippen molar-refractivity contribution in [3.63, 3.8) is 0 Å². The second kappa shape index (κ2) is 3.53. The van der Waals surface area contributed by atoms with E-state index in [1.54, 1.807) is 20.8 Å². The molecule has 0 aromatic heterocycles. The van der Waals surface area contributed by atoms with Crippen LogP contribution in [-0.4, -0.2) is 35.4 Å². The molecule has 0 aromatic carbocycles. The van der Waals surface area contributed by atoms with Crippen LogP contribution in [0.25, 0.3) is 0 Å². The number of fused-ring (bicyclic) bond motifs is 1. The summed E-state index contributed by atoms with van der Waals surface area (Å²) in [5, 5.41) is 0. The molecular formula is C11H16F3NO2. The number of amides is 1. The zero-order chi connectivity index (χ0) is 13.0. The van der Waals surface area contributed by atoms with Crippen LogP contribution < -0.4 is 0 Å². The molecule has 0 radical (unpaired) electrons. The molecule has 2 unspecified atom stereocenters. The zero-order valence-corrected chi connectivity index (χ0v) is 10.0. The predicted molar refractivity (Wildman–Crippen MR) is 54.4 cm³/mol. The van der Waals surface area contributed by atoms with Crippen LogP contribution >= 0.6 is 0 Å². The number of rotatable bonds is 0. The fourth-order valence-corrected chi connectivity index (χ4v) is 2.54. The Morgan fingerprint density at radius 3 is 2.29 bits per heavy atom. The third kappa shape index (κ3) is 2.35.